The number of benzene rings is 2. The van der Waals surface area contributed by atoms with E-state index >= 15 is 0 Å². The van der Waals surface area contributed by atoms with Crippen LogP contribution in [0.2, 0.25) is 0 Å². The van der Waals surface area contributed by atoms with Crippen molar-refractivity contribution in [2.24, 2.45) is 0 Å². The van der Waals surface area contributed by atoms with E-state index in [1.54, 1.807) is 24.3 Å². The minimum absolute atomic E-state index is 0.124. The zero-order valence-corrected chi connectivity index (χ0v) is 12.6. The van der Waals surface area contributed by atoms with Crippen molar-refractivity contribution in [3.8, 4) is 0 Å². The molecule has 4 nitrogen and oxygen atoms in total. The Labute approximate surface area is 130 Å². The van der Waals surface area contributed by atoms with E-state index in [4.69, 9.17) is 5.73 Å². The Morgan fingerprint density at radius 1 is 1.09 bits per heavy atom. The van der Waals surface area contributed by atoms with Gasteiger partial charge in [0.2, 0.25) is 0 Å². The number of nitrogens with one attached hydrogen (secondary N) is 1. The van der Waals surface area contributed by atoms with Crippen LogP contribution in [0.25, 0.3) is 0 Å². The third-order valence-electron chi connectivity index (χ3n) is 4.01. The first-order chi connectivity index (χ1) is 10.7. The molecule has 1 saturated heterocycles. The van der Waals surface area contributed by atoms with Gasteiger partial charge in [0, 0.05) is 23.5 Å². The molecule has 0 bridgehead atoms. The second-order valence-electron chi connectivity index (χ2n) is 5.72. The first-order valence-electron chi connectivity index (χ1n) is 7.69. The average Bonchev–Trinajstić information content (AvgIpc) is 3.02. The van der Waals surface area contributed by atoms with E-state index in [0.29, 0.717) is 11.3 Å². The fourth-order valence-electron chi connectivity index (χ4n) is 2.84. The Morgan fingerprint density at radius 3 is 2.64 bits per heavy atom. The van der Waals surface area contributed by atoms with Gasteiger partial charge in [-0.25, -0.2) is 0 Å². The third kappa shape index (κ3) is 3.46. The Balaban J connectivity index is 1.75. The van der Waals surface area contributed by atoms with Crippen LogP contribution in [-0.4, -0.2) is 23.9 Å². The van der Waals surface area contributed by atoms with E-state index in [1.165, 1.54) is 12.8 Å². The van der Waals surface area contributed by atoms with Gasteiger partial charge in [-0.15, -0.1) is 0 Å². The summed E-state index contributed by atoms with van der Waals surface area (Å²) in [6, 6.07) is 15.0. The third-order valence-corrected chi connectivity index (χ3v) is 4.01. The molecule has 114 valence electrons. The molecule has 22 heavy (non-hydrogen) atoms. The molecule has 1 amide bonds. The Kier molecular flexibility index (Phi) is 4.39. The van der Waals surface area contributed by atoms with Gasteiger partial charge in [-0.2, -0.15) is 0 Å². The molecule has 0 aromatic heterocycles. The Hall–Kier alpha value is -2.33. The molecule has 1 aliphatic rings. The zero-order chi connectivity index (χ0) is 15.4. The molecular weight excluding hydrogens is 274 g/mol. The SMILES string of the molecule is Nc1cccc(C(=O)Nc2ccccc2CN2CCCC2)c1. The molecule has 2 aromatic carbocycles. The van der Waals surface area contributed by atoms with Crippen molar-refractivity contribution < 1.29 is 4.79 Å². The molecule has 0 aliphatic carbocycles. The minimum atomic E-state index is -0.124. The number of likely N-dealkylation sites (tertiary alicyclic amines) is 1. The smallest absolute Gasteiger partial charge is 0.255 e. The lowest BCUT2D eigenvalue weighted by molar-refractivity contribution is 0.102. The lowest BCUT2D eigenvalue weighted by Crippen LogP contribution is -2.20. The predicted octanol–water partition coefficient (Wildman–Crippen LogP) is 3.12. The molecule has 0 radical (unpaired) electrons. The number of hydrogen-bond donors (Lipinski definition) is 2. The maximum Gasteiger partial charge on any atom is 0.255 e. The summed E-state index contributed by atoms with van der Waals surface area (Å²) < 4.78 is 0. The predicted molar refractivity (Wildman–Crippen MR) is 89.8 cm³/mol. The van der Waals surface area contributed by atoms with Crippen molar-refractivity contribution in [2.45, 2.75) is 19.4 Å². The maximum absolute atomic E-state index is 12.4. The number of anilines is 2. The van der Waals surface area contributed by atoms with Crippen LogP contribution in [0.5, 0.6) is 0 Å². The van der Waals surface area contributed by atoms with E-state index in [-0.39, 0.29) is 5.91 Å². The number of amides is 1. The first-order valence-corrected chi connectivity index (χ1v) is 7.69. The van der Waals surface area contributed by atoms with Gasteiger partial charge >= 0.3 is 0 Å². The highest BCUT2D eigenvalue weighted by Gasteiger charge is 2.15. The van der Waals surface area contributed by atoms with Gasteiger partial charge in [0.1, 0.15) is 0 Å². The van der Waals surface area contributed by atoms with Crippen LogP contribution >= 0.6 is 0 Å². The number of carbonyl (C=O) groups is 1. The van der Waals surface area contributed by atoms with Gasteiger partial charge in [0.15, 0.2) is 0 Å². The van der Waals surface area contributed by atoms with Gasteiger partial charge in [-0.05, 0) is 55.8 Å². The van der Waals surface area contributed by atoms with Crippen LogP contribution in [0.1, 0.15) is 28.8 Å². The van der Waals surface area contributed by atoms with E-state index in [0.717, 1.165) is 30.9 Å². The second-order valence-corrected chi connectivity index (χ2v) is 5.72. The molecule has 3 rings (SSSR count). The normalized spacial score (nSPS) is 14.9. The molecule has 2 aromatic rings. The number of nitrogens with zero attached hydrogens (tertiary/aromatic N) is 1. The monoisotopic (exact) mass is 295 g/mol. The summed E-state index contributed by atoms with van der Waals surface area (Å²) in [7, 11) is 0. The minimum Gasteiger partial charge on any atom is -0.399 e. The molecule has 3 N–H and O–H groups in total. The van der Waals surface area contributed by atoms with Crippen LogP contribution in [0, 0.1) is 0 Å². The summed E-state index contributed by atoms with van der Waals surface area (Å²) in [6.45, 7) is 3.16. The van der Waals surface area contributed by atoms with Crippen molar-refractivity contribution in [1.82, 2.24) is 4.90 Å². The van der Waals surface area contributed by atoms with Crippen LogP contribution in [0.4, 0.5) is 11.4 Å². The molecule has 0 atom stereocenters. The largest absolute Gasteiger partial charge is 0.399 e. The fraction of sp³-hybridized carbons (Fsp3) is 0.278. The van der Waals surface area contributed by atoms with Crippen LogP contribution < -0.4 is 11.1 Å². The van der Waals surface area contributed by atoms with E-state index in [2.05, 4.69) is 16.3 Å². The summed E-state index contributed by atoms with van der Waals surface area (Å²) in [4.78, 5) is 14.8. The maximum atomic E-state index is 12.4. The van der Waals surface area contributed by atoms with Gasteiger partial charge in [0.05, 0.1) is 0 Å². The summed E-state index contributed by atoms with van der Waals surface area (Å²) in [6.07, 6.45) is 2.52. The van der Waals surface area contributed by atoms with Gasteiger partial charge in [0.25, 0.3) is 5.91 Å². The number of carbonyl (C=O) groups excluding carboxylic acids is 1. The standard InChI is InChI=1S/C18H21N3O/c19-16-8-5-7-14(12-16)18(22)20-17-9-2-1-6-15(17)13-21-10-3-4-11-21/h1-2,5-9,12H,3-4,10-11,13,19H2,(H,20,22). The van der Waals surface area contributed by atoms with Crippen molar-refractivity contribution in [2.75, 3.05) is 24.1 Å². The summed E-state index contributed by atoms with van der Waals surface area (Å²) in [5.74, 6) is -0.124. The van der Waals surface area contributed by atoms with Crippen molar-refractivity contribution in [3.63, 3.8) is 0 Å². The molecule has 0 spiro atoms. The summed E-state index contributed by atoms with van der Waals surface area (Å²) in [5, 5.41) is 3.01. The Bertz CT molecular complexity index is 663. The lowest BCUT2D eigenvalue weighted by Gasteiger charge is -2.18. The Morgan fingerprint density at radius 2 is 1.86 bits per heavy atom. The highest BCUT2D eigenvalue weighted by atomic mass is 16.1. The quantitative estimate of drug-likeness (QED) is 0.852. The number of nitrogens with two attached hydrogens (primary N) is 1. The van der Waals surface area contributed by atoms with Crippen molar-refractivity contribution in [1.29, 1.82) is 0 Å². The second kappa shape index (κ2) is 6.62. The number of rotatable bonds is 4. The molecule has 4 heteroatoms. The summed E-state index contributed by atoms with van der Waals surface area (Å²) >= 11 is 0. The molecule has 0 saturated carbocycles. The zero-order valence-electron chi connectivity index (χ0n) is 12.6. The van der Waals surface area contributed by atoms with Gasteiger partial charge in [-0.3, -0.25) is 9.69 Å². The van der Waals surface area contributed by atoms with Gasteiger partial charge in [-0.1, -0.05) is 24.3 Å². The van der Waals surface area contributed by atoms with Gasteiger partial charge < -0.3 is 11.1 Å². The van der Waals surface area contributed by atoms with E-state index < -0.39 is 0 Å². The topological polar surface area (TPSA) is 58.4 Å². The molecule has 1 fully saturated rings. The van der Waals surface area contributed by atoms with Crippen LogP contribution in [-0.2, 0) is 6.54 Å². The van der Waals surface area contributed by atoms with Crippen molar-refractivity contribution in [3.05, 3.63) is 59.7 Å². The number of para-hydroxylation sites is 1. The molecule has 1 heterocycles. The highest BCUT2D eigenvalue weighted by Crippen LogP contribution is 2.21. The molecule has 1 aliphatic heterocycles. The van der Waals surface area contributed by atoms with E-state index in [9.17, 15) is 4.79 Å². The number of hydrogen-bond acceptors (Lipinski definition) is 3. The molecular formula is C18H21N3O. The number of nitrogen functional groups attached to an aromatic ring is 1. The van der Waals surface area contributed by atoms with Crippen molar-refractivity contribution >= 4 is 17.3 Å². The van der Waals surface area contributed by atoms with E-state index in [1.807, 2.05) is 18.2 Å². The first kappa shape index (κ1) is 14.6. The molecule has 0 unspecified atom stereocenters. The average molecular weight is 295 g/mol. The lowest BCUT2D eigenvalue weighted by atomic mass is 10.1. The highest BCUT2D eigenvalue weighted by molar-refractivity contribution is 6.05. The van der Waals surface area contributed by atoms with Crippen LogP contribution in [0.15, 0.2) is 48.5 Å². The fourth-order valence-corrected chi connectivity index (χ4v) is 2.84. The summed E-state index contributed by atoms with van der Waals surface area (Å²) in [5.41, 5.74) is 8.95. The van der Waals surface area contributed by atoms with Crippen LogP contribution in [0.3, 0.4) is 0 Å².